The van der Waals surface area contributed by atoms with Gasteiger partial charge in [0.15, 0.2) is 5.65 Å². The molecule has 0 bridgehead atoms. The van der Waals surface area contributed by atoms with Crippen molar-refractivity contribution in [3.8, 4) is 11.1 Å². The summed E-state index contributed by atoms with van der Waals surface area (Å²) in [6.45, 7) is 7.07. The smallest absolute Gasteiger partial charge is 0.330 e. The summed E-state index contributed by atoms with van der Waals surface area (Å²) >= 11 is 0. The zero-order valence-electron chi connectivity index (χ0n) is 23.6. The molecule has 212 valence electrons. The molecule has 2 aliphatic rings. The first-order valence-electron chi connectivity index (χ1n) is 14.3. The average Bonchev–Trinajstić information content (AvgIpc) is 3.27. The van der Waals surface area contributed by atoms with E-state index in [-0.39, 0.29) is 17.8 Å². The highest BCUT2D eigenvalue weighted by Crippen LogP contribution is 2.31. The van der Waals surface area contributed by atoms with Crippen LogP contribution in [-0.2, 0) is 21.3 Å². The molecule has 4 aromatic rings. The van der Waals surface area contributed by atoms with Crippen molar-refractivity contribution in [3.63, 3.8) is 0 Å². The molecular formula is C30H38N6O4. The lowest BCUT2D eigenvalue weighted by atomic mass is 10.0. The Kier molecular flexibility index (Phi) is 7.93. The molecule has 2 aliphatic heterocycles. The van der Waals surface area contributed by atoms with Gasteiger partial charge in [0.25, 0.3) is 0 Å². The highest BCUT2D eigenvalue weighted by molar-refractivity contribution is 6.02. The van der Waals surface area contributed by atoms with Crippen LogP contribution in [0.2, 0.25) is 0 Å². The first-order chi connectivity index (χ1) is 19.5. The number of methoxy groups -OCH3 is 1. The van der Waals surface area contributed by atoms with Gasteiger partial charge in [0.05, 0.1) is 30.0 Å². The van der Waals surface area contributed by atoms with Crippen LogP contribution in [0, 0.1) is 0 Å². The average molecular weight is 547 g/mol. The molecule has 0 aliphatic carbocycles. The van der Waals surface area contributed by atoms with Gasteiger partial charge in [0.2, 0.25) is 0 Å². The molecule has 1 atom stereocenters. The molecule has 0 spiro atoms. The molecule has 5 heterocycles. The molecular weight excluding hydrogens is 508 g/mol. The molecule has 0 radical (unpaired) electrons. The maximum Gasteiger partial charge on any atom is 0.330 e. The number of piperidine rings is 1. The predicted octanol–water partition coefficient (Wildman–Crippen LogP) is 3.89. The van der Waals surface area contributed by atoms with Crippen LogP contribution in [0.1, 0.15) is 50.4 Å². The lowest BCUT2D eigenvalue weighted by Crippen LogP contribution is -2.38. The van der Waals surface area contributed by atoms with Crippen LogP contribution in [-0.4, -0.2) is 81.9 Å². The van der Waals surface area contributed by atoms with Crippen molar-refractivity contribution in [1.29, 1.82) is 0 Å². The molecule has 0 N–H and O–H groups in total. The SMILES string of the molecule is COC1CCN(CCO[C@H](C)c2ccc(-c3ccc4nnc5c(c4c3)n(C3CCOCC3)c(=O)n5C)cn2)CC1. The van der Waals surface area contributed by atoms with Gasteiger partial charge >= 0.3 is 5.69 Å². The highest BCUT2D eigenvalue weighted by atomic mass is 16.5. The van der Waals surface area contributed by atoms with Crippen LogP contribution < -0.4 is 5.69 Å². The van der Waals surface area contributed by atoms with E-state index < -0.39 is 0 Å². The van der Waals surface area contributed by atoms with Gasteiger partial charge in [0, 0.05) is 70.2 Å². The molecule has 10 nitrogen and oxygen atoms in total. The van der Waals surface area contributed by atoms with Gasteiger partial charge in [-0.05, 0) is 56.4 Å². The Morgan fingerprint density at radius 1 is 1.05 bits per heavy atom. The molecule has 40 heavy (non-hydrogen) atoms. The van der Waals surface area contributed by atoms with E-state index in [9.17, 15) is 4.79 Å². The topological polar surface area (TPSA) is 96.5 Å². The molecule has 1 aromatic carbocycles. The maximum atomic E-state index is 13.3. The van der Waals surface area contributed by atoms with E-state index in [1.807, 2.05) is 29.0 Å². The Labute approximate surface area is 233 Å². The zero-order valence-corrected chi connectivity index (χ0v) is 23.6. The number of ether oxygens (including phenoxy) is 3. The second kappa shape index (κ2) is 11.7. The van der Waals surface area contributed by atoms with Crippen molar-refractivity contribution in [1.82, 2.24) is 29.2 Å². The van der Waals surface area contributed by atoms with Crippen molar-refractivity contribution in [2.24, 2.45) is 7.05 Å². The van der Waals surface area contributed by atoms with Gasteiger partial charge in [-0.3, -0.25) is 14.1 Å². The number of benzene rings is 1. The quantitative estimate of drug-likeness (QED) is 0.329. The minimum absolute atomic E-state index is 0.0615. The third-order valence-corrected chi connectivity index (χ3v) is 8.50. The minimum atomic E-state index is -0.0877. The Hall–Kier alpha value is -3.18. The van der Waals surface area contributed by atoms with Gasteiger partial charge < -0.3 is 19.1 Å². The lowest BCUT2D eigenvalue weighted by molar-refractivity contribution is 0.0136. The summed E-state index contributed by atoms with van der Waals surface area (Å²) in [4.78, 5) is 20.4. The minimum Gasteiger partial charge on any atom is -0.381 e. The lowest BCUT2D eigenvalue weighted by Gasteiger charge is -2.31. The molecule has 0 unspecified atom stereocenters. The number of pyridine rings is 1. The van der Waals surface area contributed by atoms with Crippen LogP contribution >= 0.6 is 0 Å². The Morgan fingerprint density at radius 2 is 1.82 bits per heavy atom. The van der Waals surface area contributed by atoms with Crippen LogP contribution in [0.4, 0.5) is 0 Å². The zero-order chi connectivity index (χ0) is 27.6. The summed E-state index contributed by atoms with van der Waals surface area (Å²) in [5.41, 5.74) is 5.07. The highest BCUT2D eigenvalue weighted by Gasteiger charge is 2.24. The van der Waals surface area contributed by atoms with Gasteiger partial charge in [-0.2, -0.15) is 0 Å². The summed E-state index contributed by atoms with van der Waals surface area (Å²) in [7, 11) is 3.56. The molecule has 3 aromatic heterocycles. The number of rotatable bonds is 8. The number of aryl methyl sites for hydroxylation is 1. The number of hydrogen-bond acceptors (Lipinski definition) is 8. The van der Waals surface area contributed by atoms with E-state index in [2.05, 4.69) is 34.2 Å². The molecule has 6 rings (SSSR count). The van der Waals surface area contributed by atoms with Crippen LogP contribution in [0.3, 0.4) is 0 Å². The second-order valence-corrected chi connectivity index (χ2v) is 10.9. The first-order valence-corrected chi connectivity index (χ1v) is 14.3. The van der Waals surface area contributed by atoms with Crippen molar-refractivity contribution >= 4 is 22.1 Å². The first kappa shape index (κ1) is 27.0. The largest absolute Gasteiger partial charge is 0.381 e. The Balaban J connectivity index is 1.20. The molecule has 0 saturated carbocycles. The standard InChI is InChI=1S/C30H38N6O4/c1-20(40-17-14-35-12-8-24(38-3)9-13-35)26-6-5-22(19-31-26)21-4-7-27-25(18-21)28-29(33-32-27)34(2)30(37)36(28)23-10-15-39-16-11-23/h4-7,18-20,23-24H,8-17H2,1-3H3/t20-/m1/s1. The summed E-state index contributed by atoms with van der Waals surface area (Å²) in [5, 5.41) is 9.75. The third kappa shape index (κ3) is 5.28. The second-order valence-electron chi connectivity index (χ2n) is 10.9. The van der Waals surface area contributed by atoms with E-state index >= 15 is 0 Å². The van der Waals surface area contributed by atoms with Crippen molar-refractivity contribution in [2.45, 2.75) is 50.9 Å². The number of nitrogens with zero attached hydrogens (tertiary/aromatic N) is 6. The predicted molar refractivity (Wildman–Crippen MR) is 153 cm³/mol. The Morgan fingerprint density at radius 3 is 2.55 bits per heavy atom. The third-order valence-electron chi connectivity index (χ3n) is 8.50. The van der Waals surface area contributed by atoms with Gasteiger partial charge in [-0.1, -0.05) is 12.1 Å². The van der Waals surface area contributed by atoms with E-state index in [0.717, 1.165) is 78.6 Å². The Bertz CT molecular complexity index is 1520. The van der Waals surface area contributed by atoms with E-state index in [1.165, 1.54) is 0 Å². The van der Waals surface area contributed by atoms with E-state index in [0.29, 0.717) is 31.6 Å². The van der Waals surface area contributed by atoms with E-state index in [1.54, 1.807) is 18.7 Å². The van der Waals surface area contributed by atoms with Gasteiger partial charge in [-0.15, -0.1) is 10.2 Å². The van der Waals surface area contributed by atoms with Gasteiger partial charge in [-0.25, -0.2) is 4.79 Å². The fraction of sp³-hybridized carbons (Fsp3) is 0.533. The number of hydrogen-bond donors (Lipinski definition) is 0. The molecule has 2 saturated heterocycles. The van der Waals surface area contributed by atoms with Gasteiger partial charge in [0.1, 0.15) is 5.52 Å². The summed E-state index contributed by atoms with van der Waals surface area (Å²) in [6, 6.07) is 10.3. The molecule has 0 amide bonds. The van der Waals surface area contributed by atoms with Crippen LogP contribution in [0.5, 0.6) is 0 Å². The molecule has 2 fully saturated rings. The summed E-state index contributed by atoms with van der Waals surface area (Å²) in [6.07, 6.45) is 5.98. The van der Waals surface area contributed by atoms with Crippen molar-refractivity contribution < 1.29 is 14.2 Å². The van der Waals surface area contributed by atoms with Crippen LogP contribution in [0.15, 0.2) is 41.3 Å². The fourth-order valence-corrected chi connectivity index (χ4v) is 5.98. The number of likely N-dealkylation sites (tertiary alicyclic amines) is 1. The number of aromatic nitrogens is 5. The summed E-state index contributed by atoms with van der Waals surface area (Å²) < 4.78 is 20.6. The fourth-order valence-electron chi connectivity index (χ4n) is 5.98. The number of imidazole rings is 1. The van der Waals surface area contributed by atoms with Crippen LogP contribution in [0.25, 0.3) is 33.2 Å². The van der Waals surface area contributed by atoms with Crippen molar-refractivity contribution in [2.75, 3.05) is 46.6 Å². The monoisotopic (exact) mass is 546 g/mol. The normalized spacial score (nSPS) is 18.6. The molecule has 10 heteroatoms. The maximum absolute atomic E-state index is 13.3. The van der Waals surface area contributed by atoms with E-state index in [4.69, 9.17) is 19.2 Å². The summed E-state index contributed by atoms with van der Waals surface area (Å²) in [5.74, 6) is 0. The van der Waals surface area contributed by atoms with Crippen molar-refractivity contribution in [3.05, 3.63) is 52.7 Å². The number of fused-ring (bicyclic) bond motifs is 3.